The van der Waals surface area contributed by atoms with E-state index < -0.39 is 23.7 Å². The zero-order chi connectivity index (χ0) is 20.5. The van der Waals surface area contributed by atoms with Crippen molar-refractivity contribution in [3.8, 4) is 0 Å². The number of hydrogen-bond acceptors (Lipinski definition) is 9. The highest BCUT2D eigenvalue weighted by molar-refractivity contribution is 5.79. The standard InChI is InChI=1S/C3H7FN4O2.C3H8N4O2.C3H4N2O2/c1-2(9)5-6-3(10)7-8-4;1-2(8)6-7-3(9)5-4;1-2-4-5-3(6)7-2/h8H,1H3,(H,5,9)(H2,6,7,10);4H2,1H3,(H,6,8)(H2,5,7,9);1H3,(H,5,6). The molecule has 1 heterocycles. The van der Waals surface area contributed by atoms with Crippen molar-refractivity contribution in [3.63, 3.8) is 0 Å². The first-order valence-corrected chi connectivity index (χ1v) is 6.35. The molecule has 17 heteroatoms. The average molecular weight is 382 g/mol. The van der Waals surface area contributed by atoms with E-state index in [9.17, 15) is 28.5 Å². The second kappa shape index (κ2) is 14.8. The van der Waals surface area contributed by atoms with Gasteiger partial charge in [0, 0.05) is 20.8 Å². The molecule has 0 aromatic carbocycles. The molecule has 10 N–H and O–H groups in total. The van der Waals surface area contributed by atoms with Gasteiger partial charge in [-0.3, -0.25) is 25.9 Å². The molecule has 0 spiro atoms. The van der Waals surface area contributed by atoms with Crippen LogP contribution >= 0.6 is 0 Å². The van der Waals surface area contributed by atoms with E-state index in [0.29, 0.717) is 5.89 Å². The van der Waals surface area contributed by atoms with Crippen molar-refractivity contribution in [2.75, 3.05) is 0 Å². The van der Waals surface area contributed by atoms with Crippen LogP contribution in [0.15, 0.2) is 9.21 Å². The Kier molecular flexibility index (Phi) is 14.0. The van der Waals surface area contributed by atoms with Gasteiger partial charge in [0.2, 0.25) is 17.7 Å². The van der Waals surface area contributed by atoms with Crippen LogP contribution in [0.2, 0.25) is 0 Å². The number of urea groups is 2. The minimum Gasteiger partial charge on any atom is -0.393 e. The van der Waals surface area contributed by atoms with Gasteiger partial charge in [0.1, 0.15) is 0 Å². The number of carbonyl (C=O) groups is 4. The van der Waals surface area contributed by atoms with E-state index in [2.05, 4.69) is 20.5 Å². The summed E-state index contributed by atoms with van der Waals surface area (Å²) in [6.45, 7) is 4.05. The highest BCUT2D eigenvalue weighted by Crippen LogP contribution is 1.76. The van der Waals surface area contributed by atoms with E-state index in [1.165, 1.54) is 19.3 Å². The number of hydrazine groups is 4. The fourth-order valence-corrected chi connectivity index (χ4v) is 0.704. The zero-order valence-electron chi connectivity index (χ0n) is 13.9. The number of H-pyrrole nitrogens is 1. The third kappa shape index (κ3) is 18.3. The Morgan fingerprint density at radius 1 is 1.00 bits per heavy atom. The van der Waals surface area contributed by atoms with Gasteiger partial charge in [-0.15, -0.1) is 9.58 Å². The van der Waals surface area contributed by atoms with Crippen LogP contribution in [0.1, 0.15) is 19.7 Å². The largest absolute Gasteiger partial charge is 0.434 e. The molecule has 0 fully saturated rings. The van der Waals surface area contributed by atoms with E-state index in [1.54, 1.807) is 12.3 Å². The van der Waals surface area contributed by atoms with Crippen LogP contribution in [-0.2, 0) is 9.59 Å². The number of nitrogens with zero attached hydrogens (tertiary/aromatic N) is 1. The van der Waals surface area contributed by atoms with E-state index in [0.717, 1.165) is 5.65 Å². The molecule has 1 aromatic heterocycles. The first-order valence-electron chi connectivity index (χ1n) is 6.35. The van der Waals surface area contributed by atoms with Crippen LogP contribution in [0.4, 0.5) is 14.1 Å². The van der Waals surface area contributed by atoms with Crippen molar-refractivity contribution >= 4 is 23.9 Å². The van der Waals surface area contributed by atoms with Gasteiger partial charge in [0.05, 0.1) is 0 Å². The maximum Gasteiger partial charge on any atom is 0.434 e. The van der Waals surface area contributed by atoms with Gasteiger partial charge in [0.25, 0.3) is 0 Å². The molecule has 148 valence electrons. The average Bonchev–Trinajstić information content (AvgIpc) is 2.95. The molecular formula is C9H19FN10O6. The minimum atomic E-state index is -0.891. The molecule has 0 radical (unpaired) electrons. The molecule has 1 rings (SSSR count). The molecule has 0 atom stereocenters. The first kappa shape index (κ1) is 24.5. The molecular weight excluding hydrogens is 363 g/mol. The van der Waals surface area contributed by atoms with Gasteiger partial charge in [-0.1, -0.05) is 5.65 Å². The topological polar surface area (TPSA) is 237 Å². The predicted molar refractivity (Wildman–Crippen MR) is 81.3 cm³/mol. The fraction of sp³-hybridized carbons (Fsp3) is 0.333. The number of rotatable bonds is 1. The van der Waals surface area contributed by atoms with Crippen molar-refractivity contribution in [3.05, 3.63) is 16.4 Å². The maximum absolute atomic E-state index is 11.0. The number of carbonyl (C=O) groups excluding carboxylic acids is 4. The molecule has 1 aromatic rings. The summed E-state index contributed by atoms with van der Waals surface area (Å²) >= 11 is 0. The summed E-state index contributed by atoms with van der Waals surface area (Å²) in [6, 6.07) is -1.55. The molecule has 0 bridgehead atoms. The number of hydrogen-bond donors (Lipinski definition) is 9. The first-order chi connectivity index (χ1) is 12.1. The number of aromatic amines is 1. The molecule has 0 saturated heterocycles. The summed E-state index contributed by atoms with van der Waals surface area (Å²) in [4.78, 5) is 50.5. The van der Waals surface area contributed by atoms with Gasteiger partial charge >= 0.3 is 17.8 Å². The molecule has 6 amide bonds. The van der Waals surface area contributed by atoms with Gasteiger partial charge in [0.15, 0.2) is 0 Å². The number of aryl methyl sites for hydroxylation is 1. The Balaban J connectivity index is 0. The molecule has 26 heavy (non-hydrogen) atoms. The van der Waals surface area contributed by atoms with Crippen molar-refractivity contribution in [2.24, 2.45) is 5.84 Å². The Morgan fingerprint density at radius 2 is 1.50 bits per heavy atom. The minimum absolute atomic E-state index is 0.362. The van der Waals surface area contributed by atoms with Crippen molar-refractivity contribution in [2.45, 2.75) is 20.8 Å². The van der Waals surface area contributed by atoms with Gasteiger partial charge in [-0.25, -0.2) is 41.6 Å². The monoisotopic (exact) mass is 382 g/mol. The van der Waals surface area contributed by atoms with Crippen LogP contribution in [-0.4, -0.2) is 34.1 Å². The highest BCUT2D eigenvalue weighted by atomic mass is 19.2. The van der Waals surface area contributed by atoms with Crippen LogP contribution < -0.4 is 49.8 Å². The quantitative estimate of drug-likeness (QED) is 0.102. The zero-order valence-corrected chi connectivity index (χ0v) is 13.9. The second-order valence-electron chi connectivity index (χ2n) is 3.77. The number of aromatic nitrogens is 2. The summed E-state index contributed by atoms with van der Waals surface area (Å²) in [5.74, 6) is 3.70. The Labute approximate surface area is 144 Å². The van der Waals surface area contributed by atoms with Gasteiger partial charge < -0.3 is 4.42 Å². The maximum atomic E-state index is 11.0. The summed E-state index contributed by atoms with van der Waals surface area (Å²) < 4.78 is 15.4. The van der Waals surface area contributed by atoms with Crippen LogP contribution in [0, 0.1) is 6.92 Å². The van der Waals surface area contributed by atoms with E-state index in [4.69, 9.17) is 0 Å². The lowest BCUT2D eigenvalue weighted by atomic mass is 10.8. The number of nitrogens with two attached hydrogens (primary N) is 1. The lowest BCUT2D eigenvalue weighted by Crippen LogP contribution is -2.48. The SMILES string of the molecule is CC(=O)NNC(=O)NN.CC(=O)NNC(=O)NNF.Cc1n[nH]c(=O)o1. The Morgan fingerprint density at radius 3 is 1.77 bits per heavy atom. The number of nitrogens with one attached hydrogen (secondary N) is 8. The van der Waals surface area contributed by atoms with Gasteiger partial charge in [-0.2, -0.15) is 0 Å². The molecule has 0 aliphatic heterocycles. The molecule has 0 aliphatic rings. The number of amides is 6. The van der Waals surface area contributed by atoms with Crippen molar-refractivity contribution in [1.29, 1.82) is 0 Å². The number of halogens is 1. The van der Waals surface area contributed by atoms with Crippen LogP contribution in [0.5, 0.6) is 0 Å². The summed E-state index contributed by atoms with van der Waals surface area (Å²) in [6.07, 6.45) is 0. The molecule has 0 saturated carbocycles. The Hall–Kier alpha value is -3.73. The molecule has 16 nitrogen and oxygen atoms in total. The van der Waals surface area contributed by atoms with E-state index >= 15 is 0 Å². The Bertz CT molecular complexity index is 631. The van der Waals surface area contributed by atoms with Crippen LogP contribution in [0.25, 0.3) is 0 Å². The predicted octanol–water partition coefficient (Wildman–Crippen LogP) is -3.39. The summed E-state index contributed by atoms with van der Waals surface area (Å²) in [7, 11) is 0. The molecule has 0 unspecified atom stereocenters. The van der Waals surface area contributed by atoms with Crippen molar-refractivity contribution in [1.82, 2.24) is 48.4 Å². The van der Waals surface area contributed by atoms with Crippen molar-refractivity contribution < 1.29 is 28.1 Å². The summed E-state index contributed by atoms with van der Waals surface area (Å²) in [5.41, 5.74) is 11.9. The normalized spacial score (nSPS) is 8.35. The van der Waals surface area contributed by atoms with E-state index in [1.807, 2.05) is 21.7 Å². The molecule has 0 aliphatic carbocycles. The fourth-order valence-electron chi connectivity index (χ4n) is 0.704. The van der Waals surface area contributed by atoms with E-state index in [-0.39, 0.29) is 5.91 Å². The van der Waals surface area contributed by atoms with Gasteiger partial charge in [-0.05, 0) is 0 Å². The van der Waals surface area contributed by atoms with Crippen LogP contribution in [0.3, 0.4) is 0 Å². The smallest absolute Gasteiger partial charge is 0.393 e. The third-order valence-corrected chi connectivity index (χ3v) is 1.54. The lowest BCUT2D eigenvalue weighted by molar-refractivity contribution is -0.120. The lowest BCUT2D eigenvalue weighted by Gasteiger charge is -2.02. The second-order valence-corrected chi connectivity index (χ2v) is 3.77. The highest BCUT2D eigenvalue weighted by Gasteiger charge is 1.96. The summed E-state index contributed by atoms with van der Waals surface area (Å²) in [5, 5.41) is 5.51. The third-order valence-electron chi connectivity index (χ3n) is 1.54.